The summed E-state index contributed by atoms with van der Waals surface area (Å²) in [4.78, 5) is 12.2. The Bertz CT molecular complexity index is 475. The molecule has 0 saturated carbocycles. The molecule has 0 aromatic carbocycles. The summed E-state index contributed by atoms with van der Waals surface area (Å²) in [6, 6.07) is 10.6. The molecule has 0 aromatic rings. The van der Waals surface area contributed by atoms with Crippen LogP contribution in [0.3, 0.4) is 0 Å². The molecule has 0 radical (unpaired) electrons. The summed E-state index contributed by atoms with van der Waals surface area (Å²) in [6.07, 6.45) is 0. The number of nitro groups is 1. The van der Waals surface area contributed by atoms with Crippen LogP contribution < -0.4 is 4.90 Å². The van der Waals surface area contributed by atoms with Crippen LogP contribution in [0.2, 0.25) is 0 Å². The van der Waals surface area contributed by atoms with Crippen molar-refractivity contribution in [1.29, 1.82) is 0 Å². The maximum absolute atomic E-state index is 10.6. The van der Waals surface area contributed by atoms with Crippen LogP contribution in [0.15, 0.2) is 36.4 Å². The molecular weight excluding hydrogens is 204 g/mol. The SMILES string of the molecule is CN(C)c1cc2ccc([N+](=O)[O-])ccc-2c1. The number of rotatable bonds is 2. The molecule has 0 aliphatic heterocycles. The molecule has 4 heteroatoms. The summed E-state index contributed by atoms with van der Waals surface area (Å²) < 4.78 is 0. The lowest BCUT2D eigenvalue weighted by Gasteiger charge is -2.07. The number of fused-ring (bicyclic) bond motifs is 1. The molecule has 0 fully saturated rings. The Kier molecular flexibility index (Phi) is 2.48. The highest BCUT2D eigenvalue weighted by molar-refractivity contribution is 5.76. The van der Waals surface area contributed by atoms with E-state index in [1.54, 1.807) is 12.1 Å². The predicted molar refractivity (Wildman–Crippen MR) is 64.0 cm³/mol. The lowest BCUT2D eigenvalue weighted by Crippen LogP contribution is -2.06. The predicted octanol–water partition coefficient (Wildman–Crippen LogP) is 2.77. The Hall–Kier alpha value is -2.10. The average Bonchev–Trinajstić information content (AvgIpc) is 2.52. The molecule has 0 amide bonds. The van der Waals surface area contributed by atoms with Gasteiger partial charge in [0.05, 0.1) is 4.92 Å². The van der Waals surface area contributed by atoms with E-state index < -0.39 is 0 Å². The zero-order valence-electron chi connectivity index (χ0n) is 9.18. The number of hydrogen-bond donors (Lipinski definition) is 0. The van der Waals surface area contributed by atoms with Gasteiger partial charge in [-0.1, -0.05) is 0 Å². The van der Waals surface area contributed by atoms with Crippen molar-refractivity contribution in [2.75, 3.05) is 19.0 Å². The Labute approximate surface area is 93.6 Å². The van der Waals surface area contributed by atoms with Crippen LogP contribution >= 0.6 is 0 Å². The molecular formula is C12H12N2O2. The third-order valence-corrected chi connectivity index (χ3v) is 2.53. The molecule has 0 unspecified atom stereocenters. The molecule has 82 valence electrons. The first kappa shape index (κ1) is 10.4. The summed E-state index contributed by atoms with van der Waals surface area (Å²) in [5.74, 6) is 0. The molecule has 2 rings (SSSR count). The summed E-state index contributed by atoms with van der Waals surface area (Å²) in [7, 11) is 3.94. The van der Waals surface area contributed by atoms with Crippen molar-refractivity contribution in [3.63, 3.8) is 0 Å². The summed E-state index contributed by atoms with van der Waals surface area (Å²) in [5.41, 5.74) is 3.24. The minimum atomic E-state index is -0.383. The van der Waals surface area contributed by atoms with Gasteiger partial charge in [0.25, 0.3) is 5.69 Å². The highest BCUT2D eigenvalue weighted by atomic mass is 16.6. The second-order valence-electron chi connectivity index (χ2n) is 3.87. The quantitative estimate of drug-likeness (QED) is 0.572. The van der Waals surface area contributed by atoms with Gasteiger partial charge in [-0.05, 0) is 35.4 Å². The van der Waals surface area contributed by atoms with Gasteiger partial charge in [-0.15, -0.1) is 0 Å². The average molecular weight is 216 g/mol. The van der Waals surface area contributed by atoms with Gasteiger partial charge in [-0.25, -0.2) is 0 Å². The van der Waals surface area contributed by atoms with Crippen LogP contribution in [0.1, 0.15) is 0 Å². The third-order valence-electron chi connectivity index (χ3n) is 2.53. The van der Waals surface area contributed by atoms with E-state index in [1.807, 2.05) is 31.1 Å². The second kappa shape index (κ2) is 3.81. The first-order chi connectivity index (χ1) is 7.58. The van der Waals surface area contributed by atoms with Gasteiger partial charge in [0.2, 0.25) is 0 Å². The lowest BCUT2D eigenvalue weighted by atomic mass is 10.2. The van der Waals surface area contributed by atoms with Crippen LogP contribution in [0.5, 0.6) is 0 Å². The highest BCUT2D eigenvalue weighted by Crippen LogP contribution is 2.30. The molecule has 0 N–H and O–H groups in total. The molecule has 0 heterocycles. The minimum absolute atomic E-state index is 0.114. The molecule has 0 spiro atoms. The van der Waals surface area contributed by atoms with Crippen LogP contribution in [0.4, 0.5) is 11.4 Å². The first-order valence-electron chi connectivity index (χ1n) is 4.93. The minimum Gasteiger partial charge on any atom is -0.378 e. The van der Waals surface area contributed by atoms with E-state index in [0.717, 1.165) is 16.8 Å². The van der Waals surface area contributed by atoms with E-state index in [9.17, 15) is 10.1 Å². The fourth-order valence-electron chi connectivity index (χ4n) is 1.60. The monoisotopic (exact) mass is 216 g/mol. The van der Waals surface area contributed by atoms with Gasteiger partial charge >= 0.3 is 0 Å². The van der Waals surface area contributed by atoms with Crippen molar-refractivity contribution in [3.8, 4) is 11.1 Å². The molecule has 2 aliphatic rings. The molecule has 0 saturated heterocycles. The van der Waals surface area contributed by atoms with Crippen molar-refractivity contribution in [1.82, 2.24) is 0 Å². The topological polar surface area (TPSA) is 46.4 Å². The number of nitrogens with zero attached hydrogens (tertiary/aromatic N) is 2. The van der Waals surface area contributed by atoms with Crippen LogP contribution in [0, 0.1) is 10.1 Å². The molecule has 2 aliphatic carbocycles. The molecule has 4 nitrogen and oxygen atoms in total. The van der Waals surface area contributed by atoms with E-state index in [2.05, 4.69) is 0 Å². The number of anilines is 1. The first-order valence-corrected chi connectivity index (χ1v) is 4.93. The van der Waals surface area contributed by atoms with E-state index in [-0.39, 0.29) is 10.6 Å². The van der Waals surface area contributed by atoms with Crippen molar-refractivity contribution in [3.05, 3.63) is 46.5 Å². The molecule has 0 atom stereocenters. The van der Waals surface area contributed by atoms with Gasteiger partial charge in [0, 0.05) is 31.9 Å². The third kappa shape index (κ3) is 1.82. The Morgan fingerprint density at radius 1 is 1.06 bits per heavy atom. The van der Waals surface area contributed by atoms with Crippen LogP contribution in [-0.4, -0.2) is 19.0 Å². The van der Waals surface area contributed by atoms with Crippen molar-refractivity contribution >= 4 is 11.4 Å². The highest BCUT2D eigenvalue weighted by Gasteiger charge is 2.09. The molecule has 0 bridgehead atoms. The zero-order valence-corrected chi connectivity index (χ0v) is 9.18. The smallest absolute Gasteiger partial charge is 0.269 e. The Balaban J connectivity index is 2.53. The summed E-state index contributed by atoms with van der Waals surface area (Å²) in [6.45, 7) is 0. The zero-order chi connectivity index (χ0) is 11.7. The standard InChI is InChI=1S/C12H12N2O2/c1-13(2)12-7-9-3-5-11(14(15)16)6-4-10(9)8-12/h3-8H,1-2H3. The molecule has 0 aromatic heterocycles. The summed E-state index contributed by atoms with van der Waals surface area (Å²) in [5, 5.41) is 10.6. The summed E-state index contributed by atoms with van der Waals surface area (Å²) >= 11 is 0. The van der Waals surface area contributed by atoms with E-state index in [4.69, 9.17) is 0 Å². The van der Waals surface area contributed by atoms with Crippen molar-refractivity contribution in [2.24, 2.45) is 0 Å². The van der Waals surface area contributed by atoms with E-state index >= 15 is 0 Å². The fourth-order valence-corrected chi connectivity index (χ4v) is 1.60. The van der Waals surface area contributed by atoms with Gasteiger partial charge in [0.1, 0.15) is 0 Å². The van der Waals surface area contributed by atoms with Gasteiger partial charge in [-0.3, -0.25) is 10.1 Å². The number of hydrogen-bond acceptors (Lipinski definition) is 3. The van der Waals surface area contributed by atoms with Crippen molar-refractivity contribution < 1.29 is 4.92 Å². The fraction of sp³-hybridized carbons (Fsp3) is 0.167. The van der Waals surface area contributed by atoms with E-state index in [0.29, 0.717) is 0 Å². The van der Waals surface area contributed by atoms with Gasteiger partial charge in [0.15, 0.2) is 0 Å². The lowest BCUT2D eigenvalue weighted by molar-refractivity contribution is -0.384. The molecule has 16 heavy (non-hydrogen) atoms. The van der Waals surface area contributed by atoms with Crippen molar-refractivity contribution in [2.45, 2.75) is 0 Å². The maximum Gasteiger partial charge on any atom is 0.269 e. The van der Waals surface area contributed by atoms with Crippen LogP contribution in [-0.2, 0) is 0 Å². The van der Waals surface area contributed by atoms with Gasteiger partial charge < -0.3 is 4.90 Å². The van der Waals surface area contributed by atoms with E-state index in [1.165, 1.54) is 12.1 Å². The van der Waals surface area contributed by atoms with Gasteiger partial charge in [-0.2, -0.15) is 0 Å². The Morgan fingerprint density at radius 3 is 1.94 bits per heavy atom. The Morgan fingerprint density at radius 2 is 1.56 bits per heavy atom. The second-order valence-corrected chi connectivity index (χ2v) is 3.87. The van der Waals surface area contributed by atoms with Crippen LogP contribution in [0.25, 0.3) is 11.1 Å². The normalized spacial score (nSPS) is 10.4. The maximum atomic E-state index is 10.6. The largest absolute Gasteiger partial charge is 0.378 e.